The standard InChI is InChI=1S/C12H17NO2/c1-8(2)13-11(14)7-9-5-3-4-6-10(9)12(13)15/h8H,3-7H2,1-2H3. The Balaban J connectivity index is 2.33. The van der Waals surface area contributed by atoms with Gasteiger partial charge in [0.15, 0.2) is 0 Å². The Morgan fingerprint density at radius 3 is 2.47 bits per heavy atom. The van der Waals surface area contributed by atoms with E-state index in [2.05, 4.69) is 0 Å². The summed E-state index contributed by atoms with van der Waals surface area (Å²) in [5.41, 5.74) is 2.03. The number of amides is 2. The molecule has 15 heavy (non-hydrogen) atoms. The summed E-state index contributed by atoms with van der Waals surface area (Å²) in [5, 5.41) is 0. The molecule has 0 atom stereocenters. The lowest BCUT2D eigenvalue weighted by Crippen LogP contribution is -2.46. The minimum atomic E-state index is -0.0315. The van der Waals surface area contributed by atoms with Gasteiger partial charge in [0.05, 0.1) is 0 Å². The minimum Gasteiger partial charge on any atom is -0.276 e. The molecule has 0 spiro atoms. The van der Waals surface area contributed by atoms with E-state index in [1.807, 2.05) is 13.8 Å². The monoisotopic (exact) mass is 207 g/mol. The average molecular weight is 207 g/mol. The molecule has 1 heterocycles. The van der Waals surface area contributed by atoms with Crippen molar-refractivity contribution in [3.8, 4) is 0 Å². The molecule has 0 unspecified atom stereocenters. The summed E-state index contributed by atoms with van der Waals surface area (Å²) in [4.78, 5) is 25.3. The SMILES string of the molecule is CC(C)N1C(=O)CC2=C(CCCC2)C1=O. The number of carbonyl (C=O) groups excluding carboxylic acids is 2. The average Bonchev–Trinajstić information content (AvgIpc) is 2.17. The molecule has 82 valence electrons. The Morgan fingerprint density at radius 2 is 1.80 bits per heavy atom. The van der Waals surface area contributed by atoms with Crippen LogP contribution in [0.4, 0.5) is 0 Å². The zero-order valence-electron chi connectivity index (χ0n) is 9.38. The molecular formula is C12H17NO2. The fourth-order valence-corrected chi connectivity index (χ4v) is 2.47. The first kappa shape index (κ1) is 10.4. The van der Waals surface area contributed by atoms with Crippen molar-refractivity contribution in [3.63, 3.8) is 0 Å². The van der Waals surface area contributed by atoms with Gasteiger partial charge in [-0.15, -0.1) is 0 Å². The largest absolute Gasteiger partial charge is 0.276 e. The van der Waals surface area contributed by atoms with Crippen LogP contribution in [0.2, 0.25) is 0 Å². The highest BCUT2D eigenvalue weighted by atomic mass is 16.2. The molecule has 0 saturated carbocycles. The topological polar surface area (TPSA) is 37.4 Å². The van der Waals surface area contributed by atoms with Crippen LogP contribution in [0.25, 0.3) is 0 Å². The molecule has 3 nitrogen and oxygen atoms in total. The lowest BCUT2D eigenvalue weighted by molar-refractivity contribution is -0.145. The van der Waals surface area contributed by atoms with E-state index < -0.39 is 0 Å². The third-order valence-electron chi connectivity index (χ3n) is 3.21. The molecule has 1 aliphatic carbocycles. The van der Waals surface area contributed by atoms with Gasteiger partial charge < -0.3 is 0 Å². The molecule has 0 aromatic heterocycles. The highest BCUT2D eigenvalue weighted by Crippen LogP contribution is 2.32. The Bertz CT molecular complexity index is 342. The van der Waals surface area contributed by atoms with Crippen molar-refractivity contribution in [2.24, 2.45) is 0 Å². The van der Waals surface area contributed by atoms with Crippen LogP contribution >= 0.6 is 0 Å². The van der Waals surface area contributed by atoms with Gasteiger partial charge in [-0.05, 0) is 39.5 Å². The second-order valence-electron chi connectivity index (χ2n) is 4.63. The lowest BCUT2D eigenvalue weighted by Gasteiger charge is -2.33. The third kappa shape index (κ3) is 1.71. The Labute approximate surface area is 90.1 Å². The van der Waals surface area contributed by atoms with Crippen LogP contribution in [-0.4, -0.2) is 22.8 Å². The normalized spacial score (nSPS) is 22.5. The van der Waals surface area contributed by atoms with E-state index >= 15 is 0 Å². The fourth-order valence-electron chi connectivity index (χ4n) is 2.47. The molecule has 0 aromatic carbocycles. The van der Waals surface area contributed by atoms with Gasteiger partial charge in [-0.25, -0.2) is 0 Å². The predicted molar refractivity (Wildman–Crippen MR) is 57.1 cm³/mol. The van der Waals surface area contributed by atoms with Crippen LogP contribution in [0.15, 0.2) is 11.1 Å². The molecule has 0 fully saturated rings. The highest BCUT2D eigenvalue weighted by Gasteiger charge is 2.34. The van der Waals surface area contributed by atoms with Gasteiger partial charge >= 0.3 is 0 Å². The van der Waals surface area contributed by atoms with Crippen LogP contribution in [0.3, 0.4) is 0 Å². The number of hydrogen-bond donors (Lipinski definition) is 0. The van der Waals surface area contributed by atoms with E-state index in [-0.39, 0.29) is 17.9 Å². The summed E-state index contributed by atoms with van der Waals surface area (Å²) in [5.74, 6) is -0.0494. The molecule has 2 amide bonds. The van der Waals surface area contributed by atoms with Crippen molar-refractivity contribution < 1.29 is 9.59 Å². The molecular weight excluding hydrogens is 190 g/mol. The van der Waals surface area contributed by atoms with Crippen molar-refractivity contribution in [1.82, 2.24) is 4.90 Å². The van der Waals surface area contributed by atoms with Gasteiger partial charge in [0.2, 0.25) is 5.91 Å². The number of carbonyl (C=O) groups is 2. The van der Waals surface area contributed by atoms with Crippen LogP contribution in [-0.2, 0) is 9.59 Å². The van der Waals surface area contributed by atoms with E-state index in [0.717, 1.165) is 36.8 Å². The highest BCUT2D eigenvalue weighted by molar-refractivity contribution is 6.08. The number of nitrogens with zero attached hydrogens (tertiary/aromatic N) is 1. The lowest BCUT2D eigenvalue weighted by atomic mass is 9.86. The number of hydrogen-bond acceptors (Lipinski definition) is 2. The maximum Gasteiger partial charge on any atom is 0.256 e. The zero-order chi connectivity index (χ0) is 11.0. The van der Waals surface area contributed by atoms with Crippen LogP contribution in [0.5, 0.6) is 0 Å². The fraction of sp³-hybridized carbons (Fsp3) is 0.667. The van der Waals surface area contributed by atoms with Crippen molar-refractivity contribution >= 4 is 11.8 Å². The van der Waals surface area contributed by atoms with Crippen molar-refractivity contribution in [2.45, 2.75) is 52.0 Å². The van der Waals surface area contributed by atoms with E-state index in [9.17, 15) is 9.59 Å². The van der Waals surface area contributed by atoms with Crippen molar-refractivity contribution in [3.05, 3.63) is 11.1 Å². The van der Waals surface area contributed by atoms with E-state index in [1.165, 1.54) is 4.90 Å². The van der Waals surface area contributed by atoms with E-state index in [0.29, 0.717) is 6.42 Å². The van der Waals surface area contributed by atoms with E-state index in [4.69, 9.17) is 0 Å². The Kier molecular flexibility index (Phi) is 2.63. The van der Waals surface area contributed by atoms with Gasteiger partial charge in [0.1, 0.15) is 0 Å². The van der Waals surface area contributed by atoms with Gasteiger partial charge in [-0.2, -0.15) is 0 Å². The Morgan fingerprint density at radius 1 is 1.13 bits per heavy atom. The first-order valence-corrected chi connectivity index (χ1v) is 5.68. The van der Waals surface area contributed by atoms with Crippen LogP contribution in [0, 0.1) is 0 Å². The summed E-state index contributed by atoms with van der Waals surface area (Å²) in [7, 11) is 0. The molecule has 0 N–H and O–H groups in total. The maximum atomic E-state index is 12.1. The van der Waals surface area contributed by atoms with Gasteiger partial charge in [0.25, 0.3) is 5.91 Å². The summed E-state index contributed by atoms with van der Waals surface area (Å²) in [6, 6.07) is -0.0130. The molecule has 0 saturated heterocycles. The van der Waals surface area contributed by atoms with Gasteiger partial charge in [-0.3, -0.25) is 14.5 Å². The van der Waals surface area contributed by atoms with Gasteiger partial charge in [-0.1, -0.05) is 5.57 Å². The second kappa shape index (κ2) is 3.80. The molecule has 2 rings (SSSR count). The maximum absolute atomic E-state index is 12.1. The van der Waals surface area contributed by atoms with Gasteiger partial charge in [0, 0.05) is 18.0 Å². The third-order valence-corrected chi connectivity index (χ3v) is 3.21. The molecule has 3 heteroatoms. The smallest absolute Gasteiger partial charge is 0.256 e. The predicted octanol–water partition coefficient (Wildman–Crippen LogP) is 2.02. The zero-order valence-corrected chi connectivity index (χ0v) is 9.38. The Hall–Kier alpha value is -1.12. The summed E-state index contributed by atoms with van der Waals surface area (Å²) in [6.07, 6.45) is 4.49. The quantitative estimate of drug-likeness (QED) is 0.617. The molecule has 0 radical (unpaired) electrons. The summed E-state index contributed by atoms with van der Waals surface area (Å²) >= 11 is 0. The van der Waals surface area contributed by atoms with Crippen LogP contribution in [0.1, 0.15) is 46.0 Å². The number of rotatable bonds is 1. The molecule has 0 bridgehead atoms. The second-order valence-corrected chi connectivity index (χ2v) is 4.63. The minimum absolute atomic E-state index is 0.0130. The summed E-state index contributed by atoms with van der Waals surface area (Å²) < 4.78 is 0. The molecule has 1 aliphatic heterocycles. The first-order valence-electron chi connectivity index (χ1n) is 5.68. The van der Waals surface area contributed by atoms with E-state index in [1.54, 1.807) is 0 Å². The first-order chi connectivity index (χ1) is 7.11. The summed E-state index contributed by atoms with van der Waals surface area (Å²) in [6.45, 7) is 3.79. The molecule has 2 aliphatic rings. The number of imide groups is 1. The molecule has 0 aromatic rings. The van der Waals surface area contributed by atoms with Crippen molar-refractivity contribution in [2.75, 3.05) is 0 Å². The van der Waals surface area contributed by atoms with Crippen LogP contribution < -0.4 is 0 Å². The van der Waals surface area contributed by atoms with Crippen molar-refractivity contribution in [1.29, 1.82) is 0 Å².